The molecule has 13 heavy (non-hydrogen) atoms. The number of carbonyl (C=O) groups excluding carboxylic acids is 1. The quantitative estimate of drug-likeness (QED) is 0.407. The van der Waals surface area contributed by atoms with Crippen molar-refractivity contribution in [3.05, 3.63) is 18.0 Å². The number of nitrogens with zero attached hydrogens (tertiary/aromatic N) is 3. The molecule has 0 saturated carbocycles. The molecular weight excluding hydrogens is 186 g/mol. The number of aldehydes is 1. The van der Waals surface area contributed by atoms with Gasteiger partial charge in [-0.2, -0.15) is 5.26 Å². The summed E-state index contributed by atoms with van der Waals surface area (Å²) in [6.45, 7) is 0. The van der Waals surface area contributed by atoms with E-state index in [2.05, 4.69) is 9.97 Å². The number of hydrogen-bond acceptors (Lipinski definition) is 5. The first kappa shape index (κ1) is 9.68. The van der Waals surface area contributed by atoms with Gasteiger partial charge >= 0.3 is 0 Å². The first-order valence-electron chi connectivity index (χ1n) is 3.53. The minimum absolute atomic E-state index is 0.455. The average molecular weight is 193 g/mol. The maximum atomic E-state index is 10.4. The van der Waals surface area contributed by atoms with Crippen LogP contribution in [0, 0.1) is 11.3 Å². The molecule has 0 N–H and O–H groups in total. The van der Waals surface area contributed by atoms with Gasteiger partial charge in [-0.15, -0.1) is 0 Å². The molecule has 0 fully saturated rings. The molecule has 1 heterocycles. The molecule has 0 amide bonds. The number of carbonyl (C=O) groups is 1. The Morgan fingerprint density at radius 3 is 3.08 bits per heavy atom. The van der Waals surface area contributed by atoms with E-state index in [1.165, 1.54) is 11.8 Å². The van der Waals surface area contributed by atoms with E-state index in [1.54, 1.807) is 12.3 Å². The lowest BCUT2D eigenvalue weighted by atomic mass is 10.1. The zero-order valence-corrected chi connectivity index (χ0v) is 7.78. The maximum Gasteiger partial charge on any atom is 0.187 e. The largest absolute Gasteiger partial charge is 0.301 e. The third-order valence-electron chi connectivity index (χ3n) is 1.43. The Kier molecular flexibility index (Phi) is 3.41. The van der Waals surface area contributed by atoms with Gasteiger partial charge in [0, 0.05) is 6.20 Å². The van der Waals surface area contributed by atoms with Crippen LogP contribution in [0.5, 0.6) is 0 Å². The van der Waals surface area contributed by atoms with Crippen LogP contribution in [0.15, 0.2) is 17.4 Å². The van der Waals surface area contributed by atoms with E-state index in [0.29, 0.717) is 17.1 Å². The van der Waals surface area contributed by atoms with Gasteiger partial charge in [-0.1, -0.05) is 11.8 Å². The third-order valence-corrected chi connectivity index (χ3v) is 1.99. The Morgan fingerprint density at radius 1 is 1.77 bits per heavy atom. The van der Waals surface area contributed by atoms with Crippen LogP contribution < -0.4 is 0 Å². The number of rotatable bonds is 3. The second kappa shape index (κ2) is 4.58. The highest BCUT2D eigenvalue weighted by atomic mass is 32.2. The lowest BCUT2D eigenvalue weighted by Crippen LogP contribution is -2.01. The van der Waals surface area contributed by atoms with Crippen LogP contribution in [0.3, 0.4) is 0 Å². The van der Waals surface area contributed by atoms with Gasteiger partial charge in [0.1, 0.15) is 12.2 Å². The molecule has 0 radical (unpaired) electrons. The Balaban J connectivity index is 3.01. The van der Waals surface area contributed by atoms with E-state index in [0.717, 1.165) is 0 Å². The van der Waals surface area contributed by atoms with Crippen molar-refractivity contribution in [2.75, 3.05) is 6.26 Å². The summed E-state index contributed by atoms with van der Waals surface area (Å²) in [6.07, 6.45) is 3.95. The van der Waals surface area contributed by atoms with Crippen molar-refractivity contribution >= 4 is 18.0 Å². The smallest absolute Gasteiger partial charge is 0.187 e. The highest BCUT2D eigenvalue weighted by molar-refractivity contribution is 7.98. The molecule has 4 nitrogen and oxygen atoms in total. The highest BCUT2D eigenvalue weighted by Crippen LogP contribution is 2.13. The number of thioether (sulfide) groups is 1. The molecule has 0 aromatic carbocycles. The van der Waals surface area contributed by atoms with Crippen LogP contribution in [0.1, 0.15) is 11.6 Å². The molecule has 0 aliphatic heterocycles. The van der Waals surface area contributed by atoms with Crippen LogP contribution >= 0.6 is 11.8 Å². The number of aromatic nitrogens is 2. The van der Waals surface area contributed by atoms with Gasteiger partial charge in [-0.05, 0) is 12.3 Å². The van der Waals surface area contributed by atoms with Gasteiger partial charge in [-0.3, -0.25) is 0 Å². The minimum atomic E-state index is -0.783. The molecule has 0 bridgehead atoms. The Labute approximate surface area is 80.0 Å². The van der Waals surface area contributed by atoms with Crippen molar-refractivity contribution < 1.29 is 4.79 Å². The summed E-state index contributed by atoms with van der Waals surface area (Å²) in [5.74, 6) is -0.783. The number of hydrogen-bond donors (Lipinski definition) is 0. The molecule has 5 heteroatoms. The van der Waals surface area contributed by atoms with Gasteiger partial charge in [-0.25, -0.2) is 9.97 Å². The molecule has 1 rings (SSSR count). The topological polar surface area (TPSA) is 66.6 Å². The highest BCUT2D eigenvalue weighted by Gasteiger charge is 2.10. The van der Waals surface area contributed by atoms with Crippen LogP contribution in [0.2, 0.25) is 0 Å². The minimum Gasteiger partial charge on any atom is -0.301 e. The molecule has 1 aromatic heterocycles. The molecular formula is C8H7N3OS. The molecule has 0 aliphatic rings. The fraction of sp³-hybridized carbons (Fsp3) is 0.250. The zero-order valence-electron chi connectivity index (χ0n) is 6.97. The van der Waals surface area contributed by atoms with E-state index in [9.17, 15) is 4.79 Å². The van der Waals surface area contributed by atoms with Crippen LogP contribution in [0.4, 0.5) is 0 Å². The SMILES string of the molecule is CSc1nccc([C@H](C#N)C=O)n1. The van der Waals surface area contributed by atoms with Gasteiger partial charge in [0.25, 0.3) is 0 Å². The average Bonchev–Trinajstić information content (AvgIpc) is 2.20. The summed E-state index contributed by atoms with van der Waals surface area (Å²) in [6, 6.07) is 3.42. The van der Waals surface area contributed by atoms with Gasteiger partial charge in [0.05, 0.1) is 11.8 Å². The fourth-order valence-corrected chi connectivity index (χ4v) is 1.15. The van der Waals surface area contributed by atoms with Crippen molar-refractivity contribution in [2.24, 2.45) is 0 Å². The molecule has 0 aliphatic carbocycles. The molecule has 0 spiro atoms. The predicted octanol–water partition coefficient (Wildman–Crippen LogP) is 1.00. The molecule has 0 saturated heterocycles. The third kappa shape index (κ3) is 2.26. The monoisotopic (exact) mass is 193 g/mol. The molecule has 0 unspecified atom stereocenters. The number of nitriles is 1. The summed E-state index contributed by atoms with van der Waals surface area (Å²) >= 11 is 1.37. The summed E-state index contributed by atoms with van der Waals surface area (Å²) in [5, 5.41) is 9.16. The van der Waals surface area contributed by atoms with Gasteiger partial charge in [0.15, 0.2) is 5.16 Å². The van der Waals surface area contributed by atoms with E-state index >= 15 is 0 Å². The van der Waals surface area contributed by atoms with Crippen LogP contribution in [-0.4, -0.2) is 22.5 Å². The second-order valence-corrected chi connectivity index (χ2v) is 2.98. The summed E-state index contributed by atoms with van der Waals surface area (Å²) in [4.78, 5) is 18.4. The molecule has 66 valence electrons. The lowest BCUT2D eigenvalue weighted by molar-refractivity contribution is -0.108. The Hall–Kier alpha value is -1.41. The zero-order chi connectivity index (χ0) is 9.68. The first-order chi connectivity index (χ1) is 6.31. The Bertz CT molecular complexity index is 347. The van der Waals surface area contributed by atoms with E-state index in [4.69, 9.17) is 5.26 Å². The van der Waals surface area contributed by atoms with Crippen LogP contribution in [-0.2, 0) is 4.79 Å². The summed E-state index contributed by atoms with van der Waals surface area (Å²) in [5.41, 5.74) is 0.455. The van der Waals surface area contributed by atoms with Crippen molar-refractivity contribution in [1.82, 2.24) is 9.97 Å². The second-order valence-electron chi connectivity index (χ2n) is 2.21. The summed E-state index contributed by atoms with van der Waals surface area (Å²) < 4.78 is 0. The Morgan fingerprint density at radius 2 is 2.54 bits per heavy atom. The standard InChI is InChI=1S/C8H7N3OS/c1-13-8-10-3-2-7(11-8)6(4-9)5-12/h2-3,5-6H,1H3/t6-/m1/s1. The van der Waals surface area contributed by atoms with Crippen molar-refractivity contribution in [3.63, 3.8) is 0 Å². The van der Waals surface area contributed by atoms with Gasteiger partial charge < -0.3 is 4.79 Å². The van der Waals surface area contributed by atoms with Crippen molar-refractivity contribution in [2.45, 2.75) is 11.1 Å². The summed E-state index contributed by atoms with van der Waals surface area (Å²) in [7, 11) is 0. The molecule has 1 aromatic rings. The maximum absolute atomic E-state index is 10.4. The van der Waals surface area contributed by atoms with Gasteiger partial charge in [0.2, 0.25) is 0 Å². The van der Waals surface area contributed by atoms with Crippen molar-refractivity contribution in [1.29, 1.82) is 5.26 Å². The van der Waals surface area contributed by atoms with E-state index in [1.807, 2.05) is 12.3 Å². The normalized spacial score (nSPS) is 11.7. The molecule has 1 atom stereocenters. The first-order valence-corrected chi connectivity index (χ1v) is 4.76. The fourth-order valence-electron chi connectivity index (χ4n) is 0.792. The predicted molar refractivity (Wildman–Crippen MR) is 48.2 cm³/mol. The van der Waals surface area contributed by atoms with E-state index < -0.39 is 5.92 Å². The lowest BCUT2D eigenvalue weighted by Gasteiger charge is -2.00. The van der Waals surface area contributed by atoms with E-state index in [-0.39, 0.29) is 0 Å². The van der Waals surface area contributed by atoms with Crippen molar-refractivity contribution in [3.8, 4) is 6.07 Å². The van der Waals surface area contributed by atoms with Crippen LogP contribution in [0.25, 0.3) is 0 Å².